The Labute approximate surface area is 108 Å². The summed E-state index contributed by atoms with van der Waals surface area (Å²) >= 11 is 0. The van der Waals surface area contributed by atoms with Crippen molar-refractivity contribution in [1.82, 2.24) is 0 Å². The fourth-order valence-corrected chi connectivity index (χ4v) is 2.24. The van der Waals surface area contributed by atoms with Crippen LogP contribution in [0.1, 0.15) is 38.2 Å². The van der Waals surface area contributed by atoms with Crippen molar-refractivity contribution in [1.29, 1.82) is 0 Å². The number of nitrogens with two attached hydrogens (primary N) is 1. The first-order valence-corrected chi connectivity index (χ1v) is 6.50. The molecule has 2 rings (SSSR count). The van der Waals surface area contributed by atoms with E-state index >= 15 is 0 Å². The van der Waals surface area contributed by atoms with Gasteiger partial charge in [-0.15, -0.1) is 0 Å². The minimum Gasteiger partial charge on any atom is -0.490 e. The molecule has 0 aliphatic heterocycles. The maximum Gasteiger partial charge on any atom is 0.161 e. The third-order valence-corrected chi connectivity index (χ3v) is 3.09. The lowest BCUT2D eigenvalue weighted by Gasteiger charge is -2.16. The highest BCUT2D eigenvalue weighted by Crippen LogP contribution is 2.32. The number of hydrogen-bond acceptors (Lipinski definition) is 4. The Hall–Kier alpha value is -1.71. The van der Waals surface area contributed by atoms with Crippen LogP contribution in [0.2, 0.25) is 0 Å². The molecule has 0 heterocycles. The molecule has 0 bridgehead atoms. The topological polar surface area (TPSA) is 56.8 Å². The average molecular weight is 248 g/mol. The van der Waals surface area contributed by atoms with Crippen LogP contribution >= 0.6 is 0 Å². The predicted molar refractivity (Wildman–Crippen MR) is 72.3 cm³/mol. The van der Waals surface area contributed by atoms with Gasteiger partial charge in [-0.1, -0.05) is 0 Å². The van der Waals surface area contributed by atoms with Crippen LogP contribution in [0.15, 0.2) is 23.3 Å². The highest BCUT2D eigenvalue weighted by Gasteiger charge is 2.18. The Bertz CT molecular complexity index is 412. The van der Waals surface area contributed by atoms with Crippen LogP contribution in [0.4, 0.5) is 0 Å². The quantitative estimate of drug-likeness (QED) is 0.495. The van der Waals surface area contributed by atoms with Gasteiger partial charge in [0.05, 0.1) is 18.9 Å². The Morgan fingerprint density at radius 2 is 2.11 bits per heavy atom. The monoisotopic (exact) mass is 248 g/mol. The van der Waals surface area contributed by atoms with Crippen LogP contribution in [0.3, 0.4) is 0 Å². The van der Waals surface area contributed by atoms with Gasteiger partial charge < -0.3 is 15.3 Å². The molecule has 18 heavy (non-hydrogen) atoms. The van der Waals surface area contributed by atoms with E-state index in [0.29, 0.717) is 12.7 Å². The lowest BCUT2D eigenvalue weighted by atomic mass is 10.2. The number of benzene rings is 1. The summed E-state index contributed by atoms with van der Waals surface area (Å²) in [6, 6.07) is 5.77. The molecule has 1 aromatic rings. The van der Waals surface area contributed by atoms with Crippen molar-refractivity contribution < 1.29 is 9.47 Å². The zero-order chi connectivity index (χ0) is 12.8. The van der Waals surface area contributed by atoms with E-state index in [2.05, 4.69) is 5.10 Å². The number of nitrogens with zero attached hydrogens (tertiary/aromatic N) is 1. The first-order chi connectivity index (χ1) is 8.83. The summed E-state index contributed by atoms with van der Waals surface area (Å²) < 4.78 is 11.6. The molecule has 98 valence electrons. The van der Waals surface area contributed by atoms with E-state index in [4.69, 9.17) is 15.3 Å². The SMILES string of the molecule is CCOc1cc(C=NN)ccc1OC1CCCC1. The molecule has 2 N–H and O–H groups in total. The summed E-state index contributed by atoms with van der Waals surface area (Å²) in [4.78, 5) is 0. The van der Waals surface area contributed by atoms with Gasteiger partial charge in [-0.05, 0) is 56.4 Å². The molecule has 0 spiro atoms. The predicted octanol–water partition coefficient (Wildman–Crippen LogP) is 2.70. The Balaban J connectivity index is 2.16. The lowest BCUT2D eigenvalue weighted by Crippen LogP contribution is -2.12. The lowest BCUT2D eigenvalue weighted by molar-refractivity contribution is 0.197. The molecule has 1 fully saturated rings. The van der Waals surface area contributed by atoms with Gasteiger partial charge in [-0.3, -0.25) is 0 Å². The average Bonchev–Trinajstić information content (AvgIpc) is 2.86. The summed E-state index contributed by atoms with van der Waals surface area (Å²) in [6.45, 7) is 2.58. The number of ether oxygens (including phenoxy) is 2. The molecule has 1 aliphatic rings. The molecule has 1 aromatic carbocycles. The zero-order valence-corrected chi connectivity index (χ0v) is 10.8. The second-order valence-corrected chi connectivity index (χ2v) is 4.44. The van der Waals surface area contributed by atoms with Gasteiger partial charge in [0, 0.05) is 0 Å². The maximum atomic E-state index is 5.99. The van der Waals surface area contributed by atoms with Gasteiger partial charge in [0.2, 0.25) is 0 Å². The van der Waals surface area contributed by atoms with E-state index in [1.54, 1.807) is 6.21 Å². The normalized spacial score (nSPS) is 16.3. The smallest absolute Gasteiger partial charge is 0.161 e. The van der Waals surface area contributed by atoms with Crippen LogP contribution in [0.5, 0.6) is 11.5 Å². The molecular weight excluding hydrogens is 228 g/mol. The summed E-state index contributed by atoms with van der Waals surface area (Å²) in [5.41, 5.74) is 0.916. The standard InChI is InChI=1S/C14H20N2O2/c1-2-17-14-9-11(10-16-15)7-8-13(14)18-12-5-3-4-6-12/h7-10,12H,2-6,15H2,1H3. The first-order valence-electron chi connectivity index (χ1n) is 6.50. The minimum absolute atomic E-state index is 0.332. The second-order valence-electron chi connectivity index (χ2n) is 4.44. The van der Waals surface area contributed by atoms with E-state index in [9.17, 15) is 0 Å². The molecule has 0 saturated heterocycles. The fraction of sp³-hybridized carbons (Fsp3) is 0.500. The van der Waals surface area contributed by atoms with Gasteiger partial charge >= 0.3 is 0 Å². The van der Waals surface area contributed by atoms with Crippen molar-refractivity contribution in [2.75, 3.05) is 6.61 Å². The number of hydrazone groups is 1. The summed E-state index contributed by atoms with van der Waals surface area (Å²) in [6.07, 6.45) is 6.72. The molecular formula is C14H20N2O2. The van der Waals surface area contributed by atoms with Crippen LogP contribution < -0.4 is 15.3 Å². The van der Waals surface area contributed by atoms with E-state index in [1.807, 2.05) is 25.1 Å². The van der Waals surface area contributed by atoms with Gasteiger partial charge in [0.15, 0.2) is 11.5 Å². The molecule has 0 unspecified atom stereocenters. The molecule has 0 aromatic heterocycles. The van der Waals surface area contributed by atoms with Crippen LogP contribution in [-0.4, -0.2) is 18.9 Å². The second kappa shape index (κ2) is 6.28. The van der Waals surface area contributed by atoms with Gasteiger partial charge in [0.1, 0.15) is 0 Å². The van der Waals surface area contributed by atoms with Gasteiger partial charge in [-0.25, -0.2) is 0 Å². The first kappa shape index (κ1) is 12.7. The van der Waals surface area contributed by atoms with E-state index in [-0.39, 0.29) is 0 Å². The van der Waals surface area contributed by atoms with Crippen LogP contribution in [0, 0.1) is 0 Å². The minimum atomic E-state index is 0.332. The Morgan fingerprint density at radius 1 is 1.33 bits per heavy atom. The Morgan fingerprint density at radius 3 is 2.78 bits per heavy atom. The van der Waals surface area contributed by atoms with Crippen molar-refractivity contribution in [2.24, 2.45) is 10.9 Å². The molecule has 4 nitrogen and oxygen atoms in total. The third kappa shape index (κ3) is 3.15. The highest BCUT2D eigenvalue weighted by atomic mass is 16.5. The molecule has 0 atom stereocenters. The Kier molecular flexibility index (Phi) is 4.45. The van der Waals surface area contributed by atoms with Crippen molar-refractivity contribution in [3.8, 4) is 11.5 Å². The van der Waals surface area contributed by atoms with Crippen molar-refractivity contribution in [3.63, 3.8) is 0 Å². The molecule has 4 heteroatoms. The summed E-state index contributed by atoms with van der Waals surface area (Å²) in [5, 5.41) is 3.52. The van der Waals surface area contributed by atoms with E-state index < -0.39 is 0 Å². The van der Waals surface area contributed by atoms with E-state index in [1.165, 1.54) is 12.8 Å². The van der Waals surface area contributed by atoms with Crippen LogP contribution in [0.25, 0.3) is 0 Å². The third-order valence-electron chi connectivity index (χ3n) is 3.09. The van der Waals surface area contributed by atoms with E-state index in [0.717, 1.165) is 29.9 Å². The van der Waals surface area contributed by atoms with Gasteiger partial charge in [-0.2, -0.15) is 5.10 Å². The van der Waals surface area contributed by atoms with Crippen molar-refractivity contribution in [3.05, 3.63) is 23.8 Å². The molecule has 0 radical (unpaired) electrons. The zero-order valence-electron chi connectivity index (χ0n) is 10.8. The summed E-state index contributed by atoms with van der Waals surface area (Å²) in [7, 11) is 0. The molecule has 1 saturated carbocycles. The summed E-state index contributed by atoms with van der Waals surface area (Å²) in [5.74, 6) is 6.74. The molecule has 1 aliphatic carbocycles. The van der Waals surface area contributed by atoms with Crippen LogP contribution in [-0.2, 0) is 0 Å². The molecule has 0 amide bonds. The van der Waals surface area contributed by atoms with Crippen molar-refractivity contribution in [2.45, 2.75) is 38.7 Å². The highest BCUT2D eigenvalue weighted by molar-refractivity contribution is 5.80. The number of rotatable bonds is 5. The number of hydrogen-bond donors (Lipinski definition) is 1. The van der Waals surface area contributed by atoms with Crippen molar-refractivity contribution >= 4 is 6.21 Å². The maximum absolute atomic E-state index is 5.99. The largest absolute Gasteiger partial charge is 0.490 e. The fourth-order valence-electron chi connectivity index (χ4n) is 2.24. The van der Waals surface area contributed by atoms with Gasteiger partial charge in [0.25, 0.3) is 0 Å².